The summed E-state index contributed by atoms with van der Waals surface area (Å²) in [4.78, 5) is 28.2. The van der Waals surface area contributed by atoms with Crippen LogP contribution in [-0.4, -0.2) is 26.8 Å². The lowest BCUT2D eigenvalue weighted by Crippen LogP contribution is -2.11. The van der Waals surface area contributed by atoms with E-state index in [9.17, 15) is 9.59 Å². The summed E-state index contributed by atoms with van der Waals surface area (Å²) in [5.41, 5.74) is 1.68. The zero-order chi connectivity index (χ0) is 15.1. The first kappa shape index (κ1) is 13.4. The zero-order valence-electron chi connectivity index (χ0n) is 12.0. The standard InChI is InChI=1S/C15H15N3O3/c1-8(2)21-15(20)9-4-5-12-10(6-9)13-11(7-16-12)14(19)18(3)17-13/h4-8,17H,1-3H3. The topological polar surface area (TPSA) is 77.0 Å². The Bertz CT molecular complexity index is 906. The molecule has 6 heteroatoms. The van der Waals surface area contributed by atoms with Crippen LogP contribution >= 0.6 is 0 Å². The van der Waals surface area contributed by atoms with E-state index < -0.39 is 0 Å². The summed E-state index contributed by atoms with van der Waals surface area (Å²) in [5.74, 6) is -0.387. The number of benzene rings is 1. The lowest BCUT2D eigenvalue weighted by Gasteiger charge is -2.08. The normalized spacial score (nSPS) is 11.4. The molecule has 3 aromatic rings. The quantitative estimate of drug-likeness (QED) is 0.730. The minimum atomic E-state index is -0.387. The number of nitrogens with zero attached hydrogens (tertiary/aromatic N) is 2. The van der Waals surface area contributed by atoms with Crippen LogP contribution in [0.4, 0.5) is 0 Å². The van der Waals surface area contributed by atoms with E-state index in [1.807, 2.05) is 0 Å². The van der Waals surface area contributed by atoms with Crippen molar-refractivity contribution in [2.45, 2.75) is 20.0 Å². The van der Waals surface area contributed by atoms with Gasteiger partial charge in [-0.3, -0.25) is 19.6 Å². The molecule has 0 spiro atoms. The lowest BCUT2D eigenvalue weighted by atomic mass is 10.1. The Morgan fingerprint density at radius 3 is 2.81 bits per heavy atom. The summed E-state index contributed by atoms with van der Waals surface area (Å²) >= 11 is 0. The molecule has 0 aliphatic rings. The van der Waals surface area contributed by atoms with Crippen molar-refractivity contribution in [1.82, 2.24) is 14.8 Å². The number of carbonyl (C=O) groups is 1. The second-order valence-electron chi connectivity index (χ2n) is 5.21. The molecule has 0 saturated heterocycles. The predicted molar refractivity (Wildman–Crippen MR) is 79.4 cm³/mol. The summed E-state index contributed by atoms with van der Waals surface area (Å²) in [6.45, 7) is 3.60. The molecular formula is C15H15N3O3. The van der Waals surface area contributed by atoms with Gasteiger partial charge in [0.25, 0.3) is 5.56 Å². The van der Waals surface area contributed by atoms with Gasteiger partial charge in [-0.15, -0.1) is 0 Å². The first-order chi connectivity index (χ1) is 9.97. The van der Waals surface area contributed by atoms with Gasteiger partial charge < -0.3 is 4.74 Å². The highest BCUT2D eigenvalue weighted by molar-refractivity contribution is 6.05. The fourth-order valence-corrected chi connectivity index (χ4v) is 2.28. The Morgan fingerprint density at radius 2 is 2.10 bits per heavy atom. The average Bonchev–Trinajstić information content (AvgIpc) is 2.73. The SMILES string of the molecule is CC(C)OC(=O)c1ccc2ncc3c(=O)n(C)[nH]c3c2c1. The number of rotatable bonds is 2. The summed E-state index contributed by atoms with van der Waals surface area (Å²) in [6, 6.07) is 5.12. The number of hydrogen-bond acceptors (Lipinski definition) is 4. The Morgan fingerprint density at radius 1 is 1.33 bits per heavy atom. The van der Waals surface area contributed by atoms with Gasteiger partial charge >= 0.3 is 5.97 Å². The van der Waals surface area contributed by atoms with Crippen LogP contribution in [0.3, 0.4) is 0 Å². The molecule has 2 heterocycles. The molecule has 0 fully saturated rings. The van der Waals surface area contributed by atoms with Gasteiger partial charge in [-0.1, -0.05) is 0 Å². The Balaban J connectivity index is 2.24. The number of aromatic amines is 1. The van der Waals surface area contributed by atoms with E-state index in [0.717, 1.165) is 5.39 Å². The monoisotopic (exact) mass is 285 g/mol. The summed E-state index contributed by atoms with van der Waals surface area (Å²) < 4.78 is 6.58. The van der Waals surface area contributed by atoms with Gasteiger partial charge in [0.1, 0.15) is 0 Å². The molecule has 0 aliphatic carbocycles. The van der Waals surface area contributed by atoms with Crippen LogP contribution < -0.4 is 5.56 Å². The van der Waals surface area contributed by atoms with Gasteiger partial charge in [0.2, 0.25) is 0 Å². The van der Waals surface area contributed by atoms with E-state index in [4.69, 9.17) is 4.74 Å². The number of ether oxygens (including phenoxy) is 1. The fraction of sp³-hybridized carbons (Fsp3) is 0.267. The zero-order valence-corrected chi connectivity index (χ0v) is 12.0. The van der Waals surface area contributed by atoms with Crippen molar-refractivity contribution in [2.24, 2.45) is 7.05 Å². The fourth-order valence-electron chi connectivity index (χ4n) is 2.28. The number of nitrogens with one attached hydrogen (secondary N) is 1. The van der Waals surface area contributed by atoms with Crippen LogP contribution in [0.15, 0.2) is 29.2 Å². The van der Waals surface area contributed by atoms with Crippen molar-refractivity contribution in [3.63, 3.8) is 0 Å². The van der Waals surface area contributed by atoms with Gasteiger partial charge in [0.15, 0.2) is 0 Å². The number of pyridine rings is 1. The number of H-pyrrole nitrogens is 1. The van der Waals surface area contributed by atoms with E-state index in [0.29, 0.717) is 22.0 Å². The largest absolute Gasteiger partial charge is 0.459 e. The Kier molecular flexibility index (Phi) is 3.01. The Hall–Kier alpha value is -2.63. The van der Waals surface area contributed by atoms with Crippen LogP contribution in [0, 0.1) is 0 Å². The lowest BCUT2D eigenvalue weighted by molar-refractivity contribution is 0.0378. The van der Waals surface area contributed by atoms with Gasteiger partial charge in [0, 0.05) is 18.6 Å². The molecule has 108 valence electrons. The first-order valence-electron chi connectivity index (χ1n) is 6.66. The number of esters is 1. The number of carbonyl (C=O) groups excluding carboxylic acids is 1. The van der Waals surface area contributed by atoms with Crippen molar-refractivity contribution < 1.29 is 9.53 Å². The minimum Gasteiger partial charge on any atom is -0.459 e. The maximum atomic E-state index is 12.0. The van der Waals surface area contributed by atoms with E-state index >= 15 is 0 Å². The third-order valence-electron chi connectivity index (χ3n) is 3.26. The second-order valence-corrected chi connectivity index (χ2v) is 5.21. The van der Waals surface area contributed by atoms with Gasteiger partial charge in [-0.2, -0.15) is 0 Å². The molecule has 0 aliphatic heterocycles. The highest BCUT2D eigenvalue weighted by Crippen LogP contribution is 2.21. The maximum Gasteiger partial charge on any atom is 0.338 e. The predicted octanol–water partition coefficient (Wildman–Crippen LogP) is 1.98. The molecule has 6 nitrogen and oxygen atoms in total. The first-order valence-corrected chi connectivity index (χ1v) is 6.66. The van der Waals surface area contributed by atoms with E-state index in [1.54, 1.807) is 45.3 Å². The van der Waals surface area contributed by atoms with Crippen LogP contribution in [-0.2, 0) is 11.8 Å². The molecule has 3 rings (SSSR count). The minimum absolute atomic E-state index is 0.144. The summed E-state index contributed by atoms with van der Waals surface area (Å²) in [5, 5.41) is 4.21. The molecule has 0 amide bonds. The second kappa shape index (κ2) is 4.73. The van der Waals surface area contributed by atoms with Crippen LogP contribution in [0.2, 0.25) is 0 Å². The van der Waals surface area contributed by atoms with E-state index in [2.05, 4.69) is 10.1 Å². The smallest absolute Gasteiger partial charge is 0.338 e. The van der Waals surface area contributed by atoms with Crippen molar-refractivity contribution in [3.05, 3.63) is 40.3 Å². The molecule has 2 aromatic heterocycles. The van der Waals surface area contributed by atoms with Crippen LogP contribution in [0.5, 0.6) is 0 Å². The molecular weight excluding hydrogens is 270 g/mol. The number of fused-ring (bicyclic) bond motifs is 3. The third-order valence-corrected chi connectivity index (χ3v) is 3.26. The molecule has 1 aromatic carbocycles. The van der Waals surface area contributed by atoms with Gasteiger partial charge in [-0.05, 0) is 32.0 Å². The van der Waals surface area contributed by atoms with Crippen molar-refractivity contribution in [2.75, 3.05) is 0 Å². The van der Waals surface area contributed by atoms with Crippen molar-refractivity contribution in [1.29, 1.82) is 0 Å². The molecule has 0 atom stereocenters. The van der Waals surface area contributed by atoms with E-state index in [1.165, 1.54) is 4.68 Å². The molecule has 0 unspecified atom stereocenters. The maximum absolute atomic E-state index is 12.0. The highest BCUT2D eigenvalue weighted by atomic mass is 16.5. The highest BCUT2D eigenvalue weighted by Gasteiger charge is 2.13. The molecule has 0 bridgehead atoms. The van der Waals surface area contributed by atoms with Crippen molar-refractivity contribution >= 4 is 27.8 Å². The van der Waals surface area contributed by atoms with Crippen LogP contribution in [0.25, 0.3) is 21.8 Å². The molecule has 0 saturated carbocycles. The number of aromatic nitrogens is 3. The summed E-state index contributed by atoms with van der Waals surface area (Å²) in [7, 11) is 1.64. The Labute approximate surface area is 120 Å². The third kappa shape index (κ3) is 2.18. The molecule has 21 heavy (non-hydrogen) atoms. The van der Waals surface area contributed by atoms with Gasteiger partial charge in [0.05, 0.1) is 28.1 Å². The van der Waals surface area contributed by atoms with Crippen LogP contribution in [0.1, 0.15) is 24.2 Å². The van der Waals surface area contributed by atoms with E-state index in [-0.39, 0.29) is 17.6 Å². The summed E-state index contributed by atoms with van der Waals surface area (Å²) in [6.07, 6.45) is 1.36. The average molecular weight is 285 g/mol. The van der Waals surface area contributed by atoms with Crippen molar-refractivity contribution in [3.8, 4) is 0 Å². The molecule has 1 N–H and O–H groups in total. The molecule has 0 radical (unpaired) electrons. The van der Waals surface area contributed by atoms with Gasteiger partial charge in [-0.25, -0.2) is 4.79 Å². The number of aryl methyl sites for hydroxylation is 1. The number of hydrogen-bond donors (Lipinski definition) is 1.